The number of benzene rings is 2. The van der Waals surface area contributed by atoms with Gasteiger partial charge in [-0.05, 0) is 43.2 Å². The van der Waals surface area contributed by atoms with Gasteiger partial charge in [0.2, 0.25) is 5.91 Å². The second kappa shape index (κ2) is 9.39. The van der Waals surface area contributed by atoms with Gasteiger partial charge < -0.3 is 19.7 Å². The zero-order valence-electron chi connectivity index (χ0n) is 17.7. The van der Waals surface area contributed by atoms with Crippen LogP contribution in [0.4, 0.5) is 5.82 Å². The van der Waals surface area contributed by atoms with E-state index in [-0.39, 0.29) is 5.91 Å². The fraction of sp³-hybridized carbons (Fsp3) is 0.348. The molecule has 7 nitrogen and oxygen atoms in total. The van der Waals surface area contributed by atoms with Gasteiger partial charge in [0.1, 0.15) is 5.82 Å². The van der Waals surface area contributed by atoms with Crippen molar-refractivity contribution < 1.29 is 14.3 Å². The molecule has 162 valence electrons. The first kappa shape index (κ1) is 21.2. The molecule has 1 N–H and O–H groups in total. The van der Waals surface area contributed by atoms with Gasteiger partial charge in [-0.15, -0.1) is 0 Å². The van der Waals surface area contributed by atoms with Crippen LogP contribution in [-0.2, 0) is 4.79 Å². The quantitative estimate of drug-likeness (QED) is 0.523. The highest BCUT2D eigenvalue weighted by atomic mass is 35.5. The molecule has 0 atom stereocenters. The number of carbonyl (C=O) groups is 1. The molecular formula is C23H25ClN4O3. The number of fused-ring (bicyclic) bond motifs is 1. The van der Waals surface area contributed by atoms with Crippen molar-refractivity contribution in [2.75, 3.05) is 39.2 Å². The van der Waals surface area contributed by atoms with Crippen molar-refractivity contribution in [3.63, 3.8) is 0 Å². The van der Waals surface area contributed by atoms with Gasteiger partial charge in [-0.2, -0.15) is 0 Å². The summed E-state index contributed by atoms with van der Waals surface area (Å²) >= 11 is 6.04. The summed E-state index contributed by atoms with van der Waals surface area (Å²) in [7, 11) is 3.20. The lowest BCUT2D eigenvalue weighted by molar-refractivity contribution is -0.127. The Morgan fingerprint density at radius 3 is 2.52 bits per heavy atom. The maximum Gasteiger partial charge on any atom is 0.222 e. The monoisotopic (exact) mass is 440 g/mol. The fourth-order valence-corrected chi connectivity index (χ4v) is 3.86. The Kier molecular flexibility index (Phi) is 6.42. The smallest absolute Gasteiger partial charge is 0.222 e. The molecule has 1 amide bonds. The van der Waals surface area contributed by atoms with E-state index in [0.29, 0.717) is 41.1 Å². The number of hydrogen-bond donors (Lipinski definition) is 1. The molecule has 0 unspecified atom stereocenters. The maximum absolute atomic E-state index is 11.8. The number of anilines is 1. The largest absolute Gasteiger partial charge is 0.493 e. The number of likely N-dealkylation sites (tertiary alicyclic amines) is 1. The van der Waals surface area contributed by atoms with Crippen molar-refractivity contribution in [3.05, 3.63) is 41.4 Å². The minimum Gasteiger partial charge on any atom is -0.493 e. The summed E-state index contributed by atoms with van der Waals surface area (Å²) in [5.41, 5.74) is 1.61. The first-order valence-electron chi connectivity index (χ1n) is 10.3. The Morgan fingerprint density at radius 1 is 1.10 bits per heavy atom. The Bertz CT molecular complexity index is 1090. The van der Waals surface area contributed by atoms with E-state index in [2.05, 4.69) is 5.32 Å². The van der Waals surface area contributed by atoms with Gasteiger partial charge in [0.05, 0.1) is 19.7 Å². The predicted molar refractivity (Wildman–Crippen MR) is 122 cm³/mol. The molecular weight excluding hydrogens is 416 g/mol. The average Bonchev–Trinajstić information content (AvgIpc) is 3.20. The van der Waals surface area contributed by atoms with Crippen LogP contribution in [0.3, 0.4) is 0 Å². The van der Waals surface area contributed by atoms with Crippen LogP contribution in [0.2, 0.25) is 5.02 Å². The fourth-order valence-electron chi connectivity index (χ4n) is 3.74. The molecule has 0 radical (unpaired) electrons. The van der Waals surface area contributed by atoms with E-state index in [0.717, 1.165) is 42.4 Å². The van der Waals surface area contributed by atoms with Crippen LogP contribution in [0.25, 0.3) is 22.3 Å². The maximum atomic E-state index is 11.8. The Morgan fingerprint density at radius 2 is 1.84 bits per heavy atom. The zero-order chi connectivity index (χ0) is 21.8. The van der Waals surface area contributed by atoms with Crippen LogP contribution in [0.1, 0.15) is 19.3 Å². The molecule has 2 aromatic carbocycles. The highest BCUT2D eigenvalue weighted by molar-refractivity contribution is 6.30. The summed E-state index contributed by atoms with van der Waals surface area (Å²) in [4.78, 5) is 23.3. The summed E-state index contributed by atoms with van der Waals surface area (Å²) in [5.74, 6) is 2.77. The Hall–Kier alpha value is -3.06. The van der Waals surface area contributed by atoms with Crippen molar-refractivity contribution >= 4 is 34.2 Å². The lowest BCUT2D eigenvalue weighted by atomic mass is 10.1. The van der Waals surface area contributed by atoms with Gasteiger partial charge in [0.15, 0.2) is 17.3 Å². The lowest BCUT2D eigenvalue weighted by Crippen LogP contribution is -2.27. The SMILES string of the molecule is COc1cc2nc(-c3ccc(Cl)cc3)nc(NCCCN3CCCC3=O)c2cc1OC. The van der Waals surface area contributed by atoms with Crippen LogP contribution < -0.4 is 14.8 Å². The third-order valence-electron chi connectivity index (χ3n) is 5.37. The van der Waals surface area contributed by atoms with Gasteiger partial charge in [0, 0.05) is 48.1 Å². The lowest BCUT2D eigenvalue weighted by Gasteiger charge is -2.17. The van der Waals surface area contributed by atoms with Gasteiger partial charge >= 0.3 is 0 Å². The van der Waals surface area contributed by atoms with Crippen LogP contribution >= 0.6 is 11.6 Å². The van der Waals surface area contributed by atoms with Crippen LogP contribution in [0.15, 0.2) is 36.4 Å². The number of aromatic nitrogens is 2. The predicted octanol–water partition coefficient (Wildman–Crippen LogP) is 4.39. The summed E-state index contributed by atoms with van der Waals surface area (Å²) in [6.07, 6.45) is 2.45. The molecule has 4 rings (SSSR count). The molecule has 1 aromatic heterocycles. The second-order valence-electron chi connectivity index (χ2n) is 7.39. The van der Waals surface area contributed by atoms with Gasteiger partial charge in [0.25, 0.3) is 0 Å². The minimum atomic E-state index is 0.245. The summed E-state index contributed by atoms with van der Waals surface area (Å²) < 4.78 is 10.9. The number of carbonyl (C=O) groups excluding carboxylic acids is 1. The molecule has 8 heteroatoms. The van der Waals surface area contributed by atoms with Crippen LogP contribution in [0, 0.1) is 0 Å². The number of rotatable bonds is 8. The Labute approximate surface area is 186 Å². The molecule has 0 spiro atoms. The highest BCUT2D eigenvalue weighted by Gasteiger charge is 2.19. The van der Waals surface area contributed by atoms with E-state index in [1.165, 1.54) is 0 Å². The Balaban J connectivity index is 1.64. The highest BCUT2D eigenvalue weighted by Crippen LogP contribution is 2.35. The van der Waals surface area contributed by atoms with Crippen molar-refractivity contribution in [2.45, 2.75) is 19.3 Å². The first-order chi connectivity index (χ1) is 15.1. The third kappa shape index (κ3) is 4.66. The molecule has 1 aliphatic heterocycles. The standard InChI is InChI=1S/C23H25ClN4O3/c1-30-19-13-17-18(14-20(19)31-2)26-22(15-6-8-16(24)9-7-15)27-23(17)25-10-4-12-28-11-3-5-21(28)29/h6-9,13-14H,3-5,10-12H2,1-2H3,(H,25,26,27). The number of nitrogens with zero attached hydrogens (tertiary/aromatic N) is 3. The molecule has 0 saturated carbocycles. The van der Waals surface area contributed by atoms with Crippen molar-refractivity contribution in [1.82, 2.24) is 14.9 Å². The molecule has 2 heterocycles. The summed E-state index contributed by atoms with van der Waals surface area (Å²) in [5, 5.41) is 4.92. The van der Waals surface area contributed by atoms with E-state index in [1.54, 1.807) is 14.2 Å². The topological polar surface area (TPSA) is 76.6 Å². The number of halogens is 1. The van der Waals surface area contributed by atoms with Crippen LogP contribution in [0.5, 0.6) is 11.5 Å². The van der Waals surface area contributed by atoms with E-state index in [1.807, 2.05) is 41.3 Å². The molecule has 31 heavy (non-hydrogen) atoms. The van der Waals surface area contributed by atoms with E-state index in [9.17, 15) is 4.79 Å². The average molecular weight is 441 g/mol. The summed E-state index contributed by atoms with van der Waals surface area (Å²) in [6, 6.07) is 11.2. The van der Waals surface area contributed by atoms with Crippen molar-refractivity contribution in [3.8, 4) is 22.9 Å². The zero-order valence-corrected chi connectivity index (χ0v) is 18.4. The van der Waals surface area contributed by atoms with E-state index >= 15 is 0 Å². The number of ether oxygens (including phenoxy) is 2. The van der Waals surface area contributed by atoms with Gasteiger partial charge in [-0.3, -0.25) is 4.79 Å². The normalized spacial score (nSPS) is 13.6. The van der Waals surface area contributed by atoms with Gasteiger partial charge in [-0.1, -0.05) is 11.6 Å². The van der Waals surface area contributed by atoms with Crippen molar-refractivity contribution in [1.29, 1.82) is 0 Å². The van der Waals surface area contributed by atoms with E-state index < -0.39 is 0 Å². The number of nitrogens with one attached hydrogen (secondary N) is 1. The first-order valence-corrected chi connectivity index (χ1v) is 10.7. The second-order valence-corrected chi connectivity index (χ2v) is 7.83. The van der Waals surface area contributed by atoms with Crippen molar-refractivity contribution in [2.24, 2.45) is 0 Å². The summed E-state index contributed by atoms with van der Waals surface area (Å²) in [6.45, 7) is 2.29. The molecule has 1 aliphatic rings. The van der Waals surface area contributed by atoms with Crippen LogP contribution in [-0.4, -0.2) is 54.6 Å². The molecule has 0 aliphatic carbocycles. The molecule has 3 aromatic rings. The molecule has 1 saturated heterocycles. The number of methoxy groups -OCH3 is 2. The third-order valence-corrected chi connectivity index (χ3v) is 5.62. The molecule has 0 bridgehead atoms. The molecule has 1 fully saturated rings. The van der Waals surface area contributed by atoms with E-state index in [4.69, 9.17) is 31.0 Å². The van der Waals surface area contributed by atoms with Gasteiger partial charge in [-0.25, -0.2) is 9.97 Å². The number of hydrogen-bond acceptors (Lipinski definition) is 6. The number of amides is 1. The minimum absolute atomic E-state index is 0.245.